The molecule has 2 heteroatoms. The van der Waals surface area contributed by atoms with Crippen molar-refractivity contribution in [3.05, 3.63) is 204 Å². The van der Waals surface area contributed by atoms with Gasteiger partial charge in [-0.1, -0.05) is 148 Å². The van der Waals surface area contributed by atoms with E-state index in [0.29, 0.717) is 11.3 Å². The van der Waals surface area contributed by atoms with Gasteiger partial charge in [-0.15, -0.1) is 0 Å². The first-order chi connectivity index (χ1) is 34.4. The van der Waals surface area contributed by atoms with Crippen molar-refractivity contribution >= 4 is 38.9 Å². The summed E-state index contributed by atoms with van der Waals surface area (Å²) in [6.45, 7) is 4.98. The molecule has 16 rings (SSSR count). The Morgan fingerprint density at radius 3 is 1.76 bits per heavy atom. The molecule has 6 saturated carbocycles. The second-order valence-corrected chi connectivity index (χ2v) is 23.5. The van der Waals surface area contributed by atoms with Gasteiger partial charge >= 0.3 is 0 Å². The molecule has 8 aromatic carbocycles. The Morgan fingerprint density at radius 2 is 1.13 bits per heavy atom. The number of fused-ring (bicyclic) bond motifs is 9. The third-order valence-corrected chi connectivity index (χ3v) is 19.2. The molecule has 6 fully saturated rings. The van der Waals surface area contributed by atoms with E-state index >= 15 is 0 Å². The minimum atomic E-state index is -0.318. The molecule has 7 aliphatic carbocycles. The fraction of sp³-hybridized carbons (Fsp3) is 0.294. The number of nitrogens with zero attached hydrogens (tertiary/aromatic N) is 2. The van der Waals surface area contributed by atoms with Crippen LogP contribution in [0.5, 0.6) is 0 Å². The van der Waals surface area contributed by atoms with Crippen molar-refractivity contribution in [2.45, 2.75) is 94.8 Å². The smallest absolute Gasteiger partial charge is 0.0588 e. The van der Waals surface area contributed by atoms with E-state index in [4.69, 9.17) is 0 Å². The first-order valence-corrected chi connectivity index (χ1v) is 26.8. The van der Waals surface area contributed by atoms with E-state index < -0.39 is 0 Å². The van der Waals surface area contributed by atoms with Crippen LogP contribution in [0.25, 0.3) is 60.9 Å². The number of aromatic nitrogens is 1. The Balaban J connectivity index is 0.940. The molecule has 6 bridgehead atoms. The Morgan fingerprint density at radius 1 is 0.500 bits per heavy atom. The van der Waals surface area contributed by atoms with Gasteiger partial charge in [-0.3, -0.25) is 0 Å². The van der Waals surface area contributed by atoms with Crippen molar-refractivity contribution in [3.8, 4) is 39.1 Å². The number of hydrogen-bond donors (Lipinski definition) is 0. The monoisotopic (exact) mass is 906 g/mol. The molecule has 1 aromatic heterocycles. The van der Waals surface area contributed by atoms with E-state index in [-0.39, 0.29) is 5.41 Å². The number of benzene rings is 8. The predicted molar refractivity (Wildman–Crippen MR) is 292 cm³/mol. The van der Waals surface area contributed by atoms with Crippen LogP contribution in [-0.2, 0) is 10.8 Å². The van der Waals surface area contributed by atoms with Gasteiger partial charge in [-0.25, -0.2) is 0 Å². The maximum atomic E-state index is 2.62. The van der Waals surface area contributed by atoms with Crippen LogP contribution in [0.15, 0.2) is 182 Å². The first kappa shape index (κ1) is 41.2. The maximum absolute atomic E-state index is 2.62. The van der Waals surface area contributed by atoms with E-state index in [1.165, 1.54) is 159 Å². The fourth-order valence-corrected chi connectivity index (χ4v) is 16.6. The lowest BCUT2D eigenvalue weighted by molar-refractivity contribution is -0.00518. The Labute approximate surface area is 414 Å². The van der Waals surface area contributed by atoms with Gasteiger partial charge in [0.25, 0.3) is 0 Å². The standard InChI is InChI=1S/C68H62N2/c1-67(2)61-39-63(69(53-27-23-49(24-28-53)58-37-43-21-22-50(58)36-43)54-29-25-51(26-30-54)68-40-44-33-45(41-68)35-46(34-44)42-68)59(48-15-8-4-9-16-48)38-60(61)56-31-32-57-64-55(47-13-6-3-7-14-47)19-12-20-62(64)70(66(57)65(56)67)52-17-10-5-11-18-52/h3-20,23-32,38-39,43-46,50,58H,21-22,33-37,40-42H2,1-2H3. The Kier molecular flexibility index (Phi) is 9.07. The highest BCUT2D eigenvalue weighted by molar-refractivity contribution is 6.18. The summed E-state index contributed by atoms with van der Waals surface area (Å²) in [7, 11) is 0. The predicted octanol–water partition coefficient (Wildman–Crippen LogP) is 18.3. The average Bonchev–Trinajstić information content (AvgIpc) is 4.17. The van der Waals surface area contributed by atoms with Crippen molar-refractivity contribution in [1.29, 1.82) is 0 Å². The number of anilines is 3. The van der Waals surface area contributed by atoms with Crippen molar-refractivity contribution in [2.75, 3.05) is 4.90 Å². The van der Waals surface area contributed by atoms with E-state index in [1.54, 1.807) is 5.56 Å². The number of hydrogen-bond acceptors (Lipinski definition) is 1. The largest absolute Gasteiger partial charge is 0.310 e. The fourth-order valence-electron chi connectivity index (χ4n) is 16.6. The van der Waals surface area contributed by atoms with Gasteiger partial charge in [0.05, 0.1) is 16.7 Å². The molecule has 0 radical (unpaired) electrons. The van der Waals surface area contributed by atoms with E-state index in [9.17, 15) is 0 Å². The van der Waals surface area contributed by atoms with Gasteiger partial charge in [0, 0.05) is 38.8 Å². The summed E-state index contributed by atoms with van der Waals surface area (Å²) in [4.78, 5) is 2.62. The van der Waals surface area contributed by atoms with Gasteiger partial charge in [0.15, 0.2) is 0 Å². The lowest BCUT2D eigenvalue weighted by Crippen LogP contribution is -2.48. The van der Waals surface area contributed by atoms with Crippen LogP contribution in [0.1, 0.15) is 106 Å². The molecule has 3 unspecified atom stereocenters. The topological polar surface area (TPSA) is 8.17 Å². The molecule has 7 aliphatic rings. The summed E-state index contributed by atoms with van der Waals surface area (Å²) in [6, 6.07) is 70.2. The molecule has 70 heavy (non-hydrogen) atoms. The van der Waals surface area contributed by atoms with Crippen LogP contribution in [0.3, 0.4) is 0 Å². The van der Waals surface area contributed by atoms with Gasteiger partial charge in [0.1, 0.15) is 0 Å². The molecule has 3 atom stereocenters. The second-order valence-electron chi connectivity index (χ2n) is 23.5. The summed E-state index contributed by atoms with van der Waals surface area (Å²) in [5.41, 5.74) is 21.1. The van der Waals surface area contributed by atoms with Crippen LogP contribution < -0.4 is 4.90 Å². The molecule has 9 aromatic rings. The summed E-state index contributed by atoms with van der Waals surface area (Å²) in [5, 5.41) is 2.61. The van der Waals surface area contributed by atoms with E-state index in [2.05, 4.69) is 205 Å². The Bertz CT molecular complexity index is 3450. The van der Waals surface area contributed by atoms with Crippen molar-refractivity contribution < 1.29 is 0 Å². The van der Waals surface area contributed by atoms with Gasteiger partial charge in [-0.05, 0) is 203 Å². The maximum Gasteiger partial charge on any atom is 0.0588 e. The molecule has 0 amide bonds. The highest BCUT2D eigenvalue weighted by Crippen LogP contribution is 2.62. The molecule has 1 heterocycles. The third kappa shape index (κ3) is 6.17. The number of para-hydroxylation sites is 1. The molecular formula is C68H62N2. The van der Waals surface area contributed by atoms with Crippen molar-refractivity contribution in [1.82, 2.24) is 4.57 Å². The summed E-state index contributed by atoms with van der Waals surface area (Å²) in [5.74, 6) is 5.24. The highest BCUT2D eigenvalue weighted by Gasteiger charge is 2.51. The molecule has 0 aliphatic heterocycles. The summed E-state index contributed by atoms with van der Waals surface area (Å²) in [6.07, 6.45) is 14.2. The number of rotatable bonds is 8. The lowest BCUT2D eigenvalue weighted by Gasteiger charge is -2.57. The SMILES string of the molecule is CC1(C)c2cc(N(c3ccc(C4CC5CCC4C5)cc3)c3ccc(C45CC6CC(CC(C6)C4)C5)cc3)c(-c3ccccc3)cc2-c2ccc3c4c(-c5ccccc5)cccc4n(-c4ccccc4)c3c21. The van der Waals surface area contributed by atoms with Gasteiger partial charge < -0.3 is 9.47 Å². The van der Waals surface area contributed by atoms with Crippen LogP contribution >= 0.6 is 0 Å². The van der Waals surface area contributed by atoms with E-state index in [0.717, 1.165) is 29.6 Å². The third-order valence-electron chi connectivity index (χ3n) is 19.2. The Hall–Kier alpha value is -6.64. The van der Waals surface area contributed by atoms with Crippen LogP contribution in [0.4, 0.5) is 17.1 Å². The minimum absolute atomic E-state index is 0.318. The zero-order valence-corrected chi connectivity index (χ0v) is 40.8. The lowest BCUT2D eigenvalue weighted by atomic mass is 9.48. The zero-order chi connectivity index (χ0) is 46.3. The minimum Gasteiger partial charge on any atom is -0.310 e. The van der Waals surface area contributed by atoms with Crippen LogP contribution in [0, 0.1) is 29.6 Å². The van der Waals surface area contributed by atoms with Crippen LogP contribution in [-0.4, -0.2) is 4.57 Å². The quantitative estimate of drug-likeness (QED) is 0.147. The molecule has 0 spiro atoms. The first-order valence-electron chi connectivity index (χ1n) is 26.8. The normalized spacial score (nSPS) is 25.5. The average molecular weight is 907 g/mol. The van der Waals surface area contributed by atoms with Gasteiger partial charge in [-0.2, -0.15) is 0 Å². The van der Waals surface area contributed by atoms with Gasteiger partial charge in [0.2, 0.25) is 0 Å². The molecule has 2 nitrogen and oxygen atoms in total. The second kappa shape index (κ2) is 15.4. The summed E-state index contributed by atoms with van der Waals surface area (Å²) >= 11 is 0. The molecule has 344 valence electrons. The highest BCUT2D eigenvalue weighted by atomic mass is 15.1. The van der Waals surface area contributed by atoms with Crippen molar-refractivity contribution in [3.63, 3.8) is 0 Å². The molecule has 0 saturated heterocycles. The van der Waals surface area contributed by atoms with E-state index in [1.807, 2.05) is 0 Å². The molecule has 0 N–H and O–H groups in total. The molecular weight excluding hydrogens is 845 g/mol. The zero-order valence-electron chi connectivity index (χ0n) is 40.8. The summed E-state index contributed by atoms with van der Waals surface area (Å²) < 4.78 is 2.57. The van der Waals surface area contributed by atoms with Crippen LogP contribution in [0.2, 0.25) is 0 Å². The van der Waals surface area contributed by atoms with Crippen molar-refractivity contribution in [2.24, 2.45) is 29.6 Å².